The van der Waals surface area contributed by atoms with E-state index in [1.807, 2.05) is 6.07 Å². The highest BCUT2D eigenvalue weighted by Gasteiger charge is 2.25. The molecule has 0 saturated heterocycles. The molecule has 3 aromatic carbocycles. The number of nitro benzene ring substituents is 1. The van der Waals surface area contributed by atoms with Crippen LogP contribution in [0.25, 0.3) is 6.08 Å². The Morgan fingerprint density at radius 3 is 2.50 bits per heavy atom. The molecule has 1 heterocycles. The lowest BCUT2D eigenvalue weighted by molar-refractivity contribution is -0.384. The van der Waals surface area contributed by atoms with Gasteiger partial charge >= 0.3 is 5.97 Å². The molecule has 1 aliphatic heterocycles. The Bertz CT molecular complexity index is 1250. The van der Waals surface area contributed by atoms with E-state index in [1.165, 1.54) is 12.1 Å². The van der Waals surface area contributed by atoms with Crippen molar-refractivity contribution < 1.29 is 19.2 Å². The van der Waals surface area contributed by atoms with E-state index in [2.05, 4.69) is 27.6 Å². The second-order valence-corrected chi connectivity index (χ2v) is 8.39. The lowest BCUT2D eigenvalue weighted by Gasteiger charge is -2.06. The van der Waals surface area contributed by atoms with Crippen LogP contribution < -0.4 is 4.74 Å². The summed E-state index contributed by atoms with van der Waals surface area (Å²) in [5, 5.41) is 11.2. The van der Waals surface area contributed by atoms with Crippen LogP contribution in [0, 0.1) is 13.7 Å². The molecule has 0 N–H and O–H groups in total. The molecule has 9 heteroatoms. The summed E-state index contributed by atoms with van der Waals surface area (Å²) in [6.45, 7) is 0.273. The molecule has 0 unspecified atom stereocenters. The molecule has 4 rings (SSSR count). The molecule has 0 atom stereocenters. The Hall–Kier alpha value is -3.24. The number of carbonyl (C=O) groups excluding carboxylic acids is 1. The number of carbonyl (C=O) groups is 1. The highest BCUT2D eigenvalue weighted by atomic mass is 127. The number of non-ortho nitro benzene ring substituents is 1. The predicted octanol–water partition coefficient (Wildman–Crippen LogP) is 5.78. The van der Waals surface area contributed by atoms with Crippen LogP contribution >= 0.6 is 34.2 Å². The first kappa shape index (κ1) is 22.0. The zero-order valence-electron chi connectivity index (χ0n) is 16.3. The predicted molar refractivity (Wildman–Crippen MR) is 129 cm³/mol. The molecule has 0 aromatic heterocycles. The van der Waals surface area contributed by atoms with Crippen LogP contribution in [0.3, 0.4) is 0 Å². The van der Waals surface area contributed by atoms with Gasteiger partial charge in [0.25, 0.3) is 5.69 Å². The van der Waals surface area contributed by atoms with Gasteiger partial charge in [-0.05, 0) is 82.3 Å². The zero-order valence-corrected chi connectivity index (χ0v) is 19.2. The maximum Gasteiger partial charge on any atom is 0.363 e. The molecule has 0 radical (unpaired) electrons. The van der Waals surface area contributed by atoms with Gasteiger partial charge in [-0.2, -0.15) is 0 Å². The molecule has 0 saturated carbocycles. The second-order valence-electron chi connectivity index (χ2n) is 6.74. The topological polar surface area (TPSA) is 91.0 Å². The molecule has 32 heavy (non-hydrogen) atoms. The van der Waals surface area contributed by atoms with Gasteiger partial charge in [0.05, 0.1) is 15.5 Å². The molecule has 1 aliphatic rings. The van der Waals surface area contributed by atoms with Crippen molar-refractivity contribution in [2.75, 3.05) is 0 Å². The van der Waals surface area contributed by atoms with Crippen LogP contribution in [-0.4, -0.2) is 16.8 Å². The maximum atomic E-state index is 12.2. The van der Waals surface area contributed by atoms with E-state index in [-0.39, 0.29) is 23.9 Å². The molecule has 0 fully saturated rings. The van der Waals surface area contributed by atoms with E-state index in [0.29, 0.717) is 16.3 Å². The summed E-state index contributed by atoms with van der Waals surface area (Å²) >= 11 is 8.35. The first-order valence-corrected chi connectivity index (χ1v) is 10.8. The summed E-state index contributed by atoms with van der Waals surface area (Å²) in [5.41, 5.74) is 2.33. The normalized spacial score (nSPS) is 14.2. The molecule has 0 spiro atoms. The van der Waals surface area contributed by atoms with Crippen LogP contribution in [0.2, 0.25) is 5.02 Å². The summed E-state index contributed by atoms with van der Waals surface area (Å²) in [7, 11) is 0. The van der Waals surface area contributed by atoms with Crippen molar-refractivity contribution in [3.63, 3.8) is 0 Å². The van der Waals surface area contributed by atoms with E-state index >= 15 is 0 Å². The number of nitrogens with zero attached hydrogens (tertiary/aromatic N) is 2. The highest BCUT2D eigenvalue weighted by molar-refractivity contribution is 14.1. The van der Waals surface area contributed by atoms with Crippen LogP contribution in [0.1, 0.15) is 16.7 Å². The Labute approximate surface area is 201 Å². The number of rotatable bonds is 6. The van der Waals surface area contributed by atoms with Crippen molar-refractivity contribution >= 4 is 57.8 Å². The number of halogens is 2. The average Bonchev–Trinajstić information content (AvgIpc) is 3.15. The fourth-order valence-corrected chi connectivity index (χ4v) is 3.57. The van der Waals surface area contributed by atoms with Crippen LogP contribution in [-0.2, 0) is 16.1 Å². The van der Waals surface area contributed by atoms with Crippen molar-refractivity contribution in [1.29, 1.82) is 0 Å². The maximum absolute atomic E-state index is 12.2. The van der Waals surface area contributed by atoms with Gasteiger partial charge < -0.3 is 9.47 Å². The molecular weight excluding hydrogens is 547 g/mol. The lowest BCUT2D eigenvalue weighted by atomic mass is 10.2. The minimum absolute atomic E-state index is 0.0340. The van der Waals surface area contributed by atoms with Crippen molar-refractivity contribution in [3.05, 3.63) is 108 Å². The van der Waals surface area contributed by atoms with Gasteiger partial charge in [0.15, 0.2) is 5.70 Å². The smallest absolute Gasteiger partial charge is 0.363 e. The fourth-order valence-electron chi connectivity index (χ4n) is 2.88. The fraction of sp³-hybridized carbons (Fsp3) is 0.0435. The highest BCUT2D eigenvalue weighted by Crippen LogP contribution is 2.26. The number of benzene rings is 3. The number of esters is 1. The van der Waals surface area contributed by atoms with E-state index in [9.17, 15) is 14.9 Å². The number of hydrogen-bond donors (Lipinski definition) is 0. The van der Waals surface area contributed by atoms with E-state index in [1.54, 1.807) is 54.6 Å². The molecule has 0 bridgehead atoms. The Kier molecular flexibility index (Phi) is 6.52. The molecule has 7 nitrogen and oxygen atoms in total. The lowest BCUT2D eigenvalue weighted by Crippen LogP contribution is -2.06. The van der Waals surface area contributed by atoms with Crippen molar-refractivity contribution in [3.8, 4) is 5.75 Å². The minimum Gasteiger partial charge on any atom is -0.489 e. The molecule has 0 aliphatic carbocycles. The largest absolute Gasteiger partial charge is 0.489 e. The van der Waals surface area contributed by atoms with Gasteiger partial charge in [-0.25, -0.2) is 9.79 Å². The summed E-state index contributed by atoms with van der Waals surface area (Å²) in [4.78, 5) is 26.8. The van der Waals surface area contributed by atoms with Crippen molar-refractivity contribution in [2.45, 2.75) is 6.61 Å². The quantitative estimate of drug-likeness (QED) is 0.125. The second kappa shape index (κ2) is 9.49. The van der Waals surface area contributed by atoms with Gasteiger partial charge in [0, 0.05) is 15.7 Å². The van der Waals surface area contributed by atoms with Gasteiger partial charge in [0.2, 0.25) is 5.90 Å². The third-order valence-corrected chi connectivity index (χ3v) is 5.52. The molecular formula is C23H14ClIN2O5. The van der Waals surface area contributed by atoms with Gasteiger partial charge in [-0.3, -0.25) is 10.1 Å². The Balaban J connectivity index is 1.44. The Morgan fingerprint density at radius 1 is 1.09 bits per heavy atom. The van der Waals surface area contributed by atoms with Crippen molar-refractivity contribution in [2.24, 2.45) is 4.99 Å². The minimum atomic E-state index is -0.548. The number of aliphatic imine (C=N–C) groups is 1. The van der Waals surface area contributed by atoms with Gasteiger partial charge in [-0.1, -0.05) is 23.7 Å². The Morgan fingerprint density at radius 2 is 1.81 bits per heavy atom. The molecule has 3 aromatic rings. The first-order chi connectivity index (χ1) is 15.4. The summed E-state index contributed by atoms with van der Waals surface area (Å²) in [5.74, 6) is 0.246. The average molecular weight is 561 g/mol. The van der Waals surface area contributed by atoms with Crippen LogP contribution in [0.5, 0.6) is 5.75 Å². The number of hydrogen-bond acceptors (Lipinski definition) is 6. The number of cyclic esters (lactones) is 1. The third-order valence-electron chi connectivity index (χ3n) is 4.52. The zero-order chi connectivity index (χ0) is 22.7. The summed E-state index contributed by atoms with van der Waals surface area (Å²) in [6, 6.07) is 18.7. The summed E-state index contributed by atoms with van der Waals surface area (Å²) in [6.07, 6.45) is 1.62. The van der Waals surface area contributed by atoms with Crippen LogP contribution in [0.15, 0.2) is 77.4 Å². The SMILES string of the molecule is O=C1OC(c2cc(I)ccc2Cl)=N/C1=C\c1ccc(OCc2ccc([N+](=O)[O-])cc2)cc1. The van der Waals surface area contributed by atoms with E-state index in [0.717, 1.165) is 14.7 Å². The van der Waals surface area contributed by atoms with Gasteiger partial charge in [0.1, 0.15) is 12.4 Å². The molecule has 0 amide bonds. The monoisotopic (exact) mass is 560 g/mol. The van der Waals surface area contributed by atoms with Crippen molar-refractivity contribution in [1.82, 2.24) is 0 Å². The third kappa shape index (κ3) is 5.14. The standard InChI is InChI=1S/C23H14ClIN2O5/c24-20-10-5-16(25)12-19(20)22-26-21(23(28)32-22)11-14-3-8-18(9-4-14)31-13-15-1-6-17(7-2-15)27(29)30/h1-12H,13H2/b21-11-. The number of ether oxygens (including phenoxy) is 2. The van der Waals surface area contributed by atoms with E-state index in [4.69, 9.17) is 21.1 Å². The first-order valence-electron chi connectivity index (χ1n) is 9.33. The van der Waals surface area contributed by atoms with E-state index < -0.39 is 10.9 Å². The molecule has 160 valence electrons. The van der Waals surface area contributed by atoms with Crippen LogP contribution in [0.4, 0.5) is 5.69 Å². The summed E-state index contributed by atoms with van der Waals surface area (Å²) < 4.78 is 12.0. The number of nitro groups is 1. The van der Waals surface area contributed by atoms with Gasteiger partial charge in [-0.15, -0.1) is 0 Å².